The van der Waals surface area contributed by atoms with Gasteiger partial charge in [0.15, 0.2) is 0 Å². The number of benzene rings is 1. The highest BCUT2D eigenvalue weighted by Crippen LogP contribution is 2.13. The summed E-state index contributed by atoms with van der Waals surface area (Å²) in [6.07, 6.45) is 0.347. The summed E-state index contributed by atoms with van der Waals surface area (Å²) in [5.41, 5.74) is 2.35. The van der Waals surface area contributed by atoms with E-state index in [0.29, 0.717) is 12.2 Å². The van der Waals surface area contributed by atoms with E-state index in [9.17, 15) is 4.21 Å². The van der Waals surface area contributed by atoms with Gasteiger partial charge in [-0.25, -0.2) is 0 Å². The maximum Gasteiger partial charge on any atom is 0.0631 e. The van der Waals surface area contributed by atoms with E-state index in [0.717, 1.165) is 10.5 Å². The third kappa shape index (κ3) is 2.68. The number of rotatable bonds is 3. The first kappa shape index (κ1) is 10.9. The first-order valence-corrected chi connectivity index (χ1v) is 5.79. The van der Waals surface area contributed by atoms with E-state index in [-0.39, 0.29) is 0 Å². The lowest BCUT2D eigenvalue weighted by Gasteiger charge is -2.03. The Morgan fingerprint density at radius 2 is 2.07 bits per heavy atom. The van der Waals surface area contributed by atoms with E-state index >= 15 is 0 Å². The van der Waals surface area contributed by atoms with E-state index in [4.69, 9.17) is 5.26 Å². The second-order valence-electron chi connectivity index (χ2n) is 3.20. The van der Waals surface area contributed by atoms with Crippen LogP contribution >= 0.6 is 0 Å². The van der Waals surface area contributed by atoms with Crippen LogP contribution in [0.2, 0.25) is 0 Å². The van der Waals surface area contributed by atoms with Crippen molar-refractivity contribution in [1.29, 1.82) is 5.26 Å². The summed E-state index contributed by atoms with van der Waals surface area (Å²) < 4.78 is 11.6. The molecule has 0 saturated heterocycles. The Morgan fingerprint density at radius 3 is 2.64 bits per heavy atom. The van der Waals surface area contributed by atoms with Gasteiger partial charge in [0.25, 0.3) is 0 Å². The minimum absolute atomic E-state index is 0.347. The van der Waals surface area contributed by atoms with Crippen molar-refractivity contribution in [2.45, 2.75) is 25.2 Å². The number of hydrogen-bond acceptors (Lipinski definition) is 2. The molecule has 2 nitrogen and oxygen atoms in total. The fraction of sp³-hybridized carbons (Fsp3) is 0.364. The predicted octanol–water partition coefficient (Wildman–Crippen LogP) is 2.32. The molecule has 0 spiro atoms. The highest BCUT2D eigenvalue weighted by atomic mass is 32.2. The van der Waals surface area contributed by atoms with E-state index in [1.165, 1.54) is 5.56 Å². The summed E-state index contributed by atoms with van der Waals surface area (Å²) in [6.45, 7) is 4.03. The number of nitrogens with zero attached hydrogens (tertiary/aromatic N) is 1. The van der Waals surface area contributed by atoms with Crippen LogP contribution in [0.1, 0.15) is 17.5 Å². The van der Waals surface area contributed by atoms with E-state index in [1.807, 2.05) is 38.1 Å². The summed E-state index contributed by atoms with van der Waals surface area (Å²) in [6, 6.07) is 7.77. The fourth-order valence-electron chi connectivity index (χ4n) is 1.11. The molecule has 74 valence electrons. The normalized spacial score (nSPS) is 12.1. The number of nitriles is 1. The van der Waals surface area contributed by atoms with Gasteiger partial charge in [-0.05, 0) is 37.1 Å². The van der Waals surface area contributed by atoms with E-state index < -0.39 is 10.8 Å². The van der Waals surface area contributed by atoms with Crippen LogP contribution in [-0.2, 0) is 10.8 Å². The van der Waals surface area contributed by atoms with Gasteiger partial charge in [-0.15, -0.1) is 0 Å². The molecule has 14 heavy (non-hydrogen) atoms. The number of aryl methyl sites for hydroxylation is 2. The van der Waals surface area contributed by atoms with E-state index in [2.05, 4.69) is 0 Å². The largest absolute Gasteiger partial charge is 0.254 e. The third-order valence-electron chi connectivity index (χ3n) is 2.14. The molecule has 1 atom stereocenters. The minimum Gasteiger partial charge on any atom is -0.254 e. The number of hydrogen-bond donors (Lipinski definition) is 0. The van der Waals surface area contributed by atoms with Crippen molar-refractivity contribution < 1.29 is 4.21 Å². The SMILES string of the molecule is Cc1ccc(S(=O)CCC#N)cc1C. The van der Waals surface area contributed by atoms with Crippen LogP contribution in [-0.4, -0.2) is 9.96 Å². The fourth-order valence-corrected chi connectivity index (χ4v) is 2.15. The monoisotopic (exact) mass is 207 g/mol. The van der Waals surface area contributed by atoms with Crippen molar-refractivity contribution in [3.05, 3.63) is 29.3 Å². The van der Waals surface area contributed by atoms with Crippen LogP contribution in [0.5, 0.6) is 0 Å². The van der Waals surface area contributed by atoms with Crippen LogP contribution in [0, 0.1) is 25.2 Å². The van der Waals surface area contributed by atoms with Gasteiger partial charge >= 0.3 is 0 Å². The second kappa shape index (κ2) is 4.92. The van der Waals surface area contributed by atoms with Crippen molar-refractivity contribution >= 4 is 10.8 Å². The van der Waals surface area contributed by atoms with Gasteiger partial charge in [0.2, 0.25) is 0 Å². The van der Waals surface area contributed by atoms with Gasteiger partial charge in [-0.3, -0.25) is 4.21 Å². The molecule has 0 heterocycles. The molecule has 0 aliphatic carbocycles. The standard InChI is InChI=1S/C11H13NOS/c1-9-4-5-11(8-10(9)2)14(13)7-3-6-12/h4-5,8H,3,7H2,1-2H3. The van der Waals surface area contributed by atoms with Crippen LogP contribution in [0.15, 0.2) is 23.1 Å². The summed E-state index contributed by atoms with van der Waals surface area (Å²) in [5, 5.41) is 8.38. The average molecular weight is 207 g/mol. The second-order valence-corrected chi connectivity index (χ2v) is 4.77. The van der Waals surface area contributed by atoms with Gasteiger partial charge in [0.05, 0.1) is 16.9 Å². The Bertz CT molecular complexity index is 393. The van der Waals surface area contributed by atoms with Crippen LogP contribution < -0.4 is 0 Å². The predicted molar refractivity (Wildman–Crippen MR) is 57.4 cm³/mol. The molecule has 0 saturated carbocycles. The first-order valence-electron chi connectivity index (χ1n) is 4.47. The smallest absolute Gasteiger partial charge is 0.0631 e. The molecular weight excluding hydrogens is 194 g/mol. The molecule has 0 aromatic heterocycles. The Balaban J connectivity index is 2.82. The lowest BCUT2D eigenvalue weighted by molar-refractivity contribution is 0.682. The zero-order chi connectivity index (χ0) is 10.6. The van der Waals surface area contributed by atoms with Crippen molar-refractivity contribution in [3.63, 3.8) is 0 Å². The molecule has 0 aliphatic rings. The molecule has 1 rings (SSSR count). The average Bonchev–Trinajstić information content (AvgIpc) is 2.18. The molecule has 0 radical (unpaired) electrons. The van der Waals surface area contributed by atoms with Gasteiger partial charge in [0, 0.05) is 17.1 Å². The zero-order valence-electron chi connectivity index (χ0n) is 8.41. The van der Waals surface area contributed by atoms with Crippen molar-refractivity contribution in [1.82, 2.24) is 0 Å². The molecule has 3 heteroatoms. The molecule has 0 amide bonds. The molecule has 1 aromatic carbocycles. The highest BCUT2D eigenvalue weighted by molar-refractivity contribution is 7.85. The quantitative estimate of drug-likeness (QED) is 0.763. The van der Waals surface area contributed by atoms with E-state index in [1.54, 1.807) is 0 Å². The van der Waals surface area contributed by atoms with Gasteiger partial charge < -0.3 is 0 Å². The summed E-state index contributed by atoms with van der Waals surface area (Å²) in [5.74, 6) is 0.430. The molecular formula is C11H13NOS. The summed E-state index contributed by atoms with van der Waals surface area (Å²) in [4.78, 5) is 0.823. The molecule has 0 bridgehead atoms. The highest BCUT2D eigenvalue weighted by Gasteiger charge is 2.04. The van der Waals surface area contributed by atoms with Gasteiger partial charge in [-0.1, -0.05) is 6.07 Å². The Kier molecular flexibility index (Phi) is 3.84. The molecule has 1 unspecified atom stereocenters. The topological polar surface area (TPSA) is 40.9 Å². The van der Waals surface area contributed by atoms with Crippen LogP contribution in [0.25, 0.3) is 0 Å². The Labute approximate surface area is 87.0 Å². The molecule has 0 fully saturated rings. The van der Waals surface area contributed by atoms with Gasteiger partial charge in [0.1, 0.15) is 0 Å². The maximum atomic E-state index is 11.6. The molecule has 1 aromatic rings. The van der Waals surface area contributed by atoms with Crippen LogP contribution in [0.4, 0.5) is 0 Å². The zero-order valence-corrected chi connectivity index (χ0v) is 9.23. The lowest BCUT2D eigenvalue weighted by Crippen LogP contribution is -1.98. The summed E-state index contributed by atoms with van der Waals surface area (Å²) in [7, 11) is -1.02. The first-order chi connectivity index (χ1) is 6.65. The van der Waals surface area contributed by atoms with Crippen molar-refractivity contribution in [2.24, 2.45) is 0 Å². The third-order valence-corrected chi connectivity index (χ3v) is 3.50. The van der Waals surface area contributed by atoms with Crippen LogP contribution in [0.3, 0.4) is 0 Å². The van der Waals surface area contributed by atoms with Gasteiger partial charge in [-0.2, -0.15) is 5.26 Å². The molecule has 0 N–H and O–H groups in total. The Morgan fingerprint density at radius 1 is 1.36 bits per heavy atom. The maximum absolute atomic E-state index is 11.6. The van der Waals surface area contributed by atoms with Crippen molar-refractivity contribution in [3.8, 4) is 6.07 Å². The summed E-state index contributed by atoms with van der Waals surface area (Å²) >= 11 is 0. The molecule has 0 aliphatic heterocycles. The lowest BCUT2D eigenvalue weighted by atomic mass is 10.1. The minimum atomic E-state index is -1.02. The van der Waals surface area contributed by atoms with Crippen molar-refractivity contribution in [2.75, 3.05) is 5.75 Å². The Hall–Kier alpha value is -1.14.